The summed E-state index contributed by atoms with van der Waals surface area (Å²) in [5.74, 6) is -0.694. The SMILES string of the molecule is COC(=O)CN(C)C(=O)c1c[nH]c2cc(Br)c(Br)cc12. The van der Waals surface area contributed by atoms with E-state index in [4.69, 9.17) is 0 Å². The van der Waals surface area contributed by atoms with Crippen molar-refractivity contribution in [1.82, 2.24) is 9.88 Å². The predicted octanol–water partition coefficient (Wildman–Crippen LogP) is 2.94. The molecular formula is C13H12Br2N2O3. The van der Waals surface area contributed by atoms with Gasteiger partial charge in [0.2, 0.25) is 0 Å². The molecule has 0 spiro atoms. The number of hydrogen-bond donors (Lipinski definition) is 1. The molecule has 7 heteroatoms. The molecule has 106 valence electrons. The smallest absolute Gasteiger partial charge is 0.325 e. The van der Waals surface area contributed by atoms with Crippen LogP contribution in [-0.2, 0) is 9.53 Å². The predicted molar refractivity (Wildman–Crippen MR) is 82.7 cm³/mol. The van der Waals surface area contributed by atoms with Gasteiger partial charge in [0.1, 0.15) is 6.54 Å². The molecule has 1 N–H and O–H groups in total. The average Bonchev–Trinajstić information content (AvgIpc) is 2.81. The van der Waals surface area contributed by atoms with E-state index in [9.17, 15) is 9.59 Å². The van der Waals surface area contributed by atoms with E-state index in [0.29, 0.717) is 5.56 Å². The fraction of sp³-hybridized carbons (Fsp3) is 0.231. The van der Waals surface area contributed by atoms with Gasteiger partial charge < -0.3 is 14.6 Å². The number of amides is 1. The molecule has 1 amide bonds. The number of fused-ring (bicyclic) bond motifs is 1. The van der Waals surface area contributed by atoms with Crippen molar-refractivity contribution in [2.24, 2.45) is 0 Å². The van der Waals surface area contributed by atoms with Crippen LogP contribution >= 0.6 is 31.9 Å². The highest BCUT2D eigenvalue weighted by Gasteiger charge is 2.19. The molecule has 1 aromatic heterocycles. The Morgan fingerprint density at radius 1 is 1.30 bits per heavy atom. The molecule has 0 bridgehead atoms. The van der Waals surface area contributed by atoms with Crippen LogP contribution in [0.3, 0.4) is 0 Å². The molecule has 0 saturated heterocycles. The molecule has 0 aliphatic heterocycles. The van der Waals surface area contributed by atoms with E-state index in [1.54, 1.807) is 13.2 Å². The van der Waals surface area contributed by atoms with E-state index in [0.717, 1.165) is 19.8 Å². The summed E-state index contributed by atoms with van der Waals surface area (Å²) in [6.45, 7) is -0.0836. The van der Waals surface area contributed by atoms with Crippen LogP contribution in [0.1, 0.15) is 10.4 Å². The molecule has 0 aliphatic rings. The first-order chi connectivity index (χ1) is 9.43. The van der Waals surface area contributed by atoms with Crippen LogP contribution in [-0.4, -0.2) is 42.5 Å². The number of carbonyl (C=O) groups excluding carboxylic acids is 2. The van der Waals surface area contributed by atoms with Gasteiger partial charge in [0, 0.05) is 33.1 Å². The van der Waals surface area contributed by atoms with Gasteiger partial charge in [-0.15, -0.1) is 0 Å². The third-order valence-corrected chi connectivity index (χ3v) is 4.74. The topological polar surface area (TPSA) is 62.4 Å². The Labute approximate surface area is 132 Å². The van der Waals surface area contributed by atoms with Crippen molar-refractivity contribution in [1.29, 1.82) is 0 Å². The van der Waals surface area contributed by atoms with E-state index in [1.165, 1.54) is 12.0 Å². The summed E-state index contributed by atoms with van der Waals surface area (Å²) < 4.78 is 6.31. The van der Waals surface area contributed by atoms with Gasteiger partial charge in [-0.1, -0.05) is 0 Å². The van der Waals surface area contributed by atoms with Crippen LogP contribution in [0.5, 0.6) is 0 Å². The molecule has 0 aliphatic carbocycles. The van der Waals surface area contributed by atoms with Crippen LogP contribution < -0.4 is 0 Å². The summed E-state index contributed by atoms with van der Waals surface area (Å²) in [5, 5.41) is 0.793. The summed E-state index contributed by atoms with van der Waals surface area (Å²) in [5.41, 5.74) is 1.36. The number of aromatic amines is 1. The number of hydrogen-bond acceptors (Lipinski definition) is 3. The fourth-order valence-corrected chi connectivity index (χ4v) is 2.52. The Hall–Kier alpha value is -1.34. The van der Waals surface area contributed by atoms with Gasteiger partial charge in [0.05, 0.1) is 12.7 Å². The largest absolute Gasteiger partial charge is 0.468 e. The highest BCUT2D eigenvalue weighted by Crippen LogP contribution is 2.30. The zero-order chi connectivity index (χ0) is 14.9. The normalized spacial score (nSPS) is 10.6. The zero-order valence-electron chi connectivity index (χ0n) is 10.9. The lowest BCUT2D eigenvalue weighted by Gasteiger charge is -2.15. The molecule has 5 nitrogen and oxygen atoms in total. The highest BCUT2D eigenvalue weighted by atomic mass is 79.9. The van der Waals surface area contributed by atoms with Crippen LogP contribution in [0.4, 0.5) is 0 Å². The second-order valence-electron chi connectivity index (χ2n) is 4.25. The maximum absolute atomic E-state index is 12.3. The Balaban J connectivity index is 2.35. The number of aromatic nitrogens is 1. The molecule has 2 aromatic rings. The Bertz CT molecular complexity index is 682. The van der Waals surface area contributed by atoms with Gasteiger partial charge in [-0.25, -0.2) is 0 Å². The molecule has 0 radical (unpaired) electrons. The molecule has 20 heavy (non-hydrogen) atoms. The van der Waals surface area contributed by atoms with E-state index >= 15 is 0 Å². The summed E-state index contributed by atoms with van der Waals surface area (Å²) in [4.78, 5) is 27.9. The van der Waals surface area contributed by atoms with Gasteiger partial charge in [0.15, 0.2) is 0 Å². The van der Waals surface area contributed by atoms with Gasteiger partial charge in [-0.3, -0.25) is 9.59 Å². The van der Waals surface area contributed by atoms with Crippen molar-refractivity contribution in [3.63, 3.8) is 0 Å². The second-order valence-corrected chi connectivity index (χ2v) is 5.96. The van der Waals surface area contributed by atoms with E-state index in [-0.39, 0.29) is 12.5 Å². The second kappa shape index (κ2) is 5.97. The number of nitrogens with one attached hydrogen (secondary N) is 1. The first-order valence-electron chi connectivity index (χ1n) is 5.72. The molecular weight excluding hydrogens is 392 g/mol. The van der Waals surface area contributed by atoms with Crippen molar-refractivity contribution >= 4 is 54.6 Å². The lowest BCUT2D eigenvalue weighted by atomic mass is 10.1. The van der Waals surface area contributed by atoms with Gasteiger partial charge in [-0.05, 0) is 44.0 Å². The lowest BCUT2D eigenvalue weighted by Crippen LogP contribution is -2.32. The monoisotopic (exact) mass is 402 g/mol. The zero-order valence-corrected chi connectivity index (χ0v) is 14.0. The maximum Gasteiger partial charge on any atom is 0.325 e. The highest BCUT2D eigenvalue weighted by molar-refractivity contribution is 9.13. The minimum Gasteiger partial charge on any atom is -0.468 e. The number of esters is 1. The molecule has 1 aromatic carbocycles. The molecule has 0 atom stereocenters. The fourth-order valence-electron chi connectivity index (χ4n) is 1.83. The van der Waals surface area contributed by atoms with E-state index in [2.05, 4.69) is 41.6 Å². The Morgan fingerprint density at radius 3 is 2.60 bits per heavy atom. The van der Waals surface area contributed by atoms with E-state index < -0.39 is 5.97 Å². The first-order valence-corrected chi connectivity index (χ1v) is 7.31. The molecule has 0 fully saturated rings. The van der Waals surface area contributed by atoms with Crippen LogP contribution in [0.15, 0.2) is 27.3 Å². The summed E-state index contributed by atoms with van der Waals surface area (Å²) in [6, 6.07) is 3.74. The Morgan fingerprint density at radius 2 is 1.95 bits per heavy atom. The molecule has 2 rings (SSSR count). The quantitative estimate of drug-likeness (QED) is 0.801. The first kappa shape index (κ1) is 15.1. The minimum absolute atomic E-state index is 0.0836. The number of ether oxygens (including phenoxy) is 1. The van der Waals surface area contributed by atoms with Crippen LogP contribution in [0.25, 0.3) is 10.9 Å². The summed E-state index contributed by atoms with van der Waals surface area (Å²) in [6.07, 6.45) is 1.64. The van der Waals surface area contributed by atoms with Gasteiger partial charge in [0.25, 0.3) is 5.91 Å². The third-order valence-electron chi connectivity index (χ3n) is 2.89. The van der Waals surface area contributed by atoms with Crippen molar-refractivity contribution < 1.29 is 14.3 Å². The maximum atomic E-state index is 12.3. The van der Waals surface area contributed by atoms with Crippen molar-refractivity contribution in [2.45, 2.75) is 0 Å². The number of H-pyrrole nitrogens is 1. The number of nitrogens with zero attached hydrogens (tertiary/aromatic N) is 1. The third kappa shape index (κ3) is 2.88. The van der Waals surface area contributed by atoms with E-state index in [1.807, 2.05) is 12.1 Å². The van der Waals surface area contributed by atoms with Crippen molar-refractivity contribution in [3.8, 4) is 0 Å². The average molecular weight is 404 g/mol. The number of rotatable bonds is 3. The summed E-state index contributed by atoms with van der Waals surface area (Å²) in [7, 11) is 2.85. The Kier molecular flexibility index (Phi) is 4.49. The van der Waals surface area contributed by atoms with Gasteiger partial charge in [-0.2, -0.15) is 0 Å². The van der Waals surface area contributed by atoms with Crippen molar-refractivity contribution in [3.05, 3.63) is 32.8 Å². The summed E-state index contributed by atoms with van der Waals surface area (Å²) >= 11 is 6.82. The molecule has 0 unspecified atom stereocenters. The van der Waals surface area contributed by atoms with Crippen molar-refractivity contribution in [2.75, 3.05) is 20.7 Å². The molecule has 0 saturated carbocycles. The van der Waals surface area contributed by atoms with Gasteiger partial charge >= 0.3 is 5.97 Å². The standard InChI is InChI=1S/C13H12Br2N2O3/c1-17(6-12(18)20-2)13(19)8-5-16-11-4-10(15)9(14)3-7(8)11/h3-5,16H,6H2,1-2H3. The number of methoxy groups -OCH3 is 1. The number of carbonyl (C=O) groups is 2. The van der Waals surface area contributed by atoms with Crippen LogP contribution in [0, 0.1) is 0 Å². The minimum atomic E-state index is -0.454. The number of halogens is 2. The number of benzene rings is 1. The number of likely N-dealkylation sites (N-methyl/N-ethyl adjacent to an activating group) is 1. The lowest BCUT2D eigenvalue weighted by molar-refractivity contribution is -0.141. The molecule has 1 heterocycles. The van der Waals surface area contributed by atoms with Crippen LogP contribution in [0.2, 0.25) is 0 Å².